The topological polar surface area (TPSA) is 298 Å². The molecule has 0 saturated carbocycles. The van der Waals surface area contributed by atoms with Gasteiger partial charge in [0.05, 0.1) is 47.7 Å². The number of benzene rings is 3. The largest absolute Gasteiger partial charge is 0.444 e. The number of amides is 7. The number of ether oxygens (including phenoxy) is 2. The summed E-state index contributed by atoms with van der Waals surface area (Å²) in [5.74, 6) is -2.66. The van der Waals surface area contributed by atoms with Crippen molar-refractivity contribution in [3.8, 4) is 0 Å². The van der Waals surface area contributed by atoms with Crippen molar-refractivity contribution >= 4 is 146 Å². The van der Waals surface area contributed by atoms with E-state index in [4.69, 9.17) is 15.2 Å². The Hall–Kier alpha value is -9.69. The predicted octanol–water partition coefficient (Wildman–Crippen LogP) is 15.5. The zero-order valence-corrected chi connectivity index (χ0v) is 59.9. The van der Waals surface area contributed by atoms with Gasteiger partial charge in [-0.15, -0.1) is 34.0 Å². The van der Waals surface area contributed by atoms with Crippen LogP contribution in [0.1, 0.15) is 158 Å². The van der Waals surface area contributed by atoms with Gasteiger partial charge in [-0.05, 0) is 222 Å². The van der Waals surface area contributed by atoms with E-state index in [0.29, 0.717) is 64.8 Å². The second-order valence-corrected chi connectivity index (χ2v) is 29.2. The predicted molar refractivity (Wildman–Crippen MR) is 394 cm³/mol. The van der Waals surface area contributed by atoms with E-state index >= 15 is 0 Å². The minimum absolute atomic E-state index is 0.0746. The van der Waals surface area contributed by atoms with E-state index in [1.165, 1.54) is 76.4 Å². The number of aromatic nitrogens is 3. The molecule has 3 atom stereocenters. The van der Waals surface area contributed by atoms with Gasteiger partial charge < -0.3 is 46.3 Å². The number of Topliss-reactive ketones (excluding diaryl/α,β-unsaturated/α-hetero) is 1. The summed E-state index contributed by atoms with van der Waals surface area (Å²) in [4.78, 5) is 113. The molecule has 22 nitrogen and oxygen atoms in total. The van der Waals surface area contributed by atoms with Crippen molar-refractivity contribution in [2.45, 2.75) is 156 Å². The van der Waals surface area contributed by atoms with Gasteiger partial charge in [0.2, 0.25) is 5.78 Å². The number of nitrogen functional groups attached to an aromatic ring is 1. The molecule has 12 rings (SSSR count). The third kappa shape index (κ3) is 20.0. The Morgan fingerprint density at radius 1 is 0.495 bits per heavy atom. The number of likely N-dealkylation sites (tertiary alicyclic amines) is 2. The first kappa shape index (κ1) is 73.6. The van der Waals surface area contributed by atoms with Crippen LogP contribution in [-0.4, -0.2) is 103 Å². The highest BCUT2D eigenvalue weighted by Gasteiger charge is 2.35. The van der Waals surface area contributed by atoms with Gasteiger partial charge in [0.15, 0.2) is 0 Å². The molecule has 520 valence electrons. The van der Waals surface area contributed by atoms with Crippen molar-refractivity contribution in [2.75, 3.05) is 52.0 Å². The Morgan fingerprint density at radius 2 is 0.879 bits per heavy atom. The lowest BCUT2D eigenvalue weighted by molar-refractivity contribution is -0.145. The molecule has 3 aliphatic heterocycles. The quantitative estimate of drug-likeness (QED) is 0.0661. The number of nitrogens with two attached hydrogens (primary N) is 1. The molecule has 3 aromatic carbocycles. The Kier molecular flexibility index (Phi) is 24.7. The normalized spacial score (nSPS) is 16.1. The summed E-state index contributed by atoms with van der Waals surface area (Å²) in [7, 11) is 0. The average Bonchev–Trinajstić information content (AvgIpc) is 1.72. The molecule has 25 heteroatoms. The van der Waals surface area contributed by atoms with Gasteiger partial charge in [0.1, 0.15) is 28.7 Å². The molecule has 6 aromatic heterocycles. The SMILES string of the molecule is CC(=O)C(=O)Nc1cnc(NC(=O)OC(C)(C)C)c(C)c1.Cc1cc(NC(=O)C(=O)N2CCCCC2c2csc3ccccc23)cnc1N.Cc1cc(NC(=O)C(=O)N2CCCCC2c2csc3ccccc23)cnc1NC(=O)OC(C)(C)C.c1ccc2c(C3CCCCN3)csc2c1. The number of nitrogens with one attached hydrogen (secondary N) is 6. The standard InChI is InChI=1S/C26H30N4O4S.C21H22N4O2S.C14H19N3O4.C13H15NS/c1-16-13-17(14-27-22(16)29-25(33)34-26(2,3)4)28-23(31)24(32)30-12-8-7-10-20(30)19-15-35-21-11-6-5-9-18(19)21;1-13-10-14(11-23-19(13)22)24-20(26)21(27)25-9-5-4-7-17(25)16-12-28-18-8-3-2-6-15(16)18;1-8-6-10(16-12(19)9(2)18)7-15-11(8)17-13(20)21-14(3,4)5;1-2-7-13-10(5-1)11(9-15-13)12-6-3-4-8-14-12/h5-6,9,11,13-15,20H,7-8,10,12H2,1-4H3,(H,28,31)(H,27,29,33);2-3,6,8,10-12,17H,4-5,7,9H2,1H3,(H2,22,23)(H,24,26);6-7H,1-5H3,(H,16,19)(H,15,17,20);1-2,5,7,9,12,14H,3-4,6,8H2. The fourth-order valence-electron chi connectivity index (χ4n) is 11.7. The Bertz CT molecular complexity index is 4410. The molecule has 3 aliphatic rings. The maximum Gasteiger partial charge on any atom is 0.413 e. The van der Waals surface area contributed by atoms with Gasteiger partial charge in [-0.25, -0.2) is 24.5 Å². The highest BCUT2D eigenvalue weighted by atomic mass is 32.1. The molecule has 9 heterocycles. The number of rotatable bonds is 9. The van der Waals surface area contributed by atoms with Crippen molar-refractivity contribution in [1.82, 2.24) is 30.1 Å². The highest BCUT2D eigenvalue weighted by molar-refractivity contribution is 7.18. The van der Waals surface area contributed by atoms with E-state index in [1.54, 1.807) is 106 Å². The van der Waals surface area contributed by atoms with Crippen LogP contribution in [0.3, 0.4) is 0 Å². The second kappa shape index (κ2) is 33.2. The first-order chi connectivity index (χ1) is 47.2. The first-order valence-corrected chi connectivity index (χ1v) is 35.7. The molecular formula is C74H86N12O10S3. The fraction of sp³-hybridized carbons (Fsp3) is 0.365. The molecule has 0 spiro atoms. The number of aryl methyl sites for hydroxylation is 3. The van der Waals surface area contributed by atoms with E-state index in [2.05, 4.69) is 112 Å². The molecule has 99 heavy (non-hydrogen) atoms. The maximum atomic E-state index is 13.2. The van der Waals surface area contributed by atoms with Gasteiger partial charge in [-0.3, -0.25) is 39.4 Å². The number of ketones is 1. The number of nitrogens with zero attached hydrogens (tertiary/aromatic N) is 5. The van der Waals surface area contributed by atoms with Crippen LogP contribution in [0.25, 0.3) is 30.3 Å². The van der Waals surface area contributed by atoms with E-state index in [0.717, 1.165) is 66.0 Å². The van der Waals surface area contributed by atoms with Crippen LogP contribution in [0.4, 0.5) is 44.1 Å². The molecule has 3 unspecified atom stereocenters. The first-order valence-electron chi connectivity index (χ1n) is 33.0. The lowest BCUT2D eigenvalue weighted by atomic mass is 9.94. The number of hydrogen-bond acceptors (Lipinski definition) is 18. The van der Waals surface area contributed by atoms with Crippen LogP contribution in [0, 0.1) is 20.8 Å². The van der Waals surface area contributed by atoms with Crippen molar-refractivity contribution in [3.63, 3.8) is 0 Å². The van der Waals surface area contributed by atoms with E-state index in [-0.39, 0.29) is 12.1 Å². The van der Waals surface area contributed by atoms with Gasteiger partial charge in [-0.2, -0.15) is 0 Å². The van der Waals surface area contributed by atoms with Gasteiger partial charge in [-0.1, -0.05) is 61.0 Å². The van der Waals surface area contributed by atoms with Crippen molar-refractivity contribution in [2.24, 2.45) is 0 Å². The summed E-state index contributed by atoms with van der Waals surface area (Å²) < 4.78 is 14.2. The zero-order valence-electron chi connectivity index (χ0n) is 57.5. The summed E-state index contributed by atoms with van der Waals surface area (Å²) in [6, 6.07) is 30.4. The molecule has 9 aromatic rings. The third-order valence-electron chi connectivity index (χ3n) is 16.5. The van der Waals surface area contributed by atoms with Gasteiger partial charge in [0, 0.05) is 40.2 Å². The van der Waals surface area contributed by atoms with Crippen LogP contribution in [0.15, 0.2) is 126 Å². The molecule has 0 bridgehead atoms. The Labute approximate surface area is 588 Å². The van der Waals surface area contributed by atoms with E-state index < -0.39 is 58.7 Å². The number of piperidine rings is 3. The Morgan fingerprint density at radius 3 is 1.27 bits per heavy atom. The number of carbonyl (C=O) groups excluding carboxylic acids is 8. The molecule has 3 saturated heterocycles. The van der Waals surface area contributed by atoms with Crippen molar-refractivity contribution in [3.05, 3.63) is 159 Å². The van der Waals surface area contributed by atoms with E-state index in [1.807, 2.05) is 42.5 Å². The summed E-state index contributed by atoms with van der Waals surface area (Å²) >= 11 is 5.20. The maximum absolute atomic E-state index is 13.2. The van der Waals surface area contributed by atoms with Crippen molar-refractivity contribution < 1.29 is 47.8 Å². The van der Waals surface area contributed by atoms with Crippen molar-refractivity contribution in [1.29, 1.82) is 0 Å². The van der Waals surface area contributed by atoms with Crippen LogP contribution in [0.5, 0.6) is 0 Å². The van der Waals surface area contributed by atoms with Gasteiger partial charge in [0.25, 0.3) is 5.91 Å². The number of thiophene rings is 3. The number of fused-ring (bicyclic) bond motifs is 3. The molecule has 0 radical (unpaired) electrons. The minimum atomic E-state index is -0.718. The zero-order chi connectivity index (χ0) is 71.1. The smallest absolute Gasteiger partial charge is 0.413 e. The van der Waals surface area contributed by atoms with Crippen LogP contribution >= 0.6 is 34.0 Å². The number of hydrogen-bond donors (Lipinski definition) is 7. The van der Waals surface area contributed by atoms with Crippen LogP contribution in [0.2, 0.25) is 0 Å². The van der Waals surface area contributed by atoms with Crippen LogP contribution in [-0.2, 0) is 38.2 Å². The summed E-state index contributed by atoms with van der Waals surface area (Å²) in [6.45, 7) is 19.3. The number of anilines is 6. The number of pyridine rings is 3. The summed E-state index contributed by atoms with van der Waals surface area (Å²) in [6.07, 6.45) is 12.5. The molecule has 8 N–H and O–H groups in total. The van der Waals surface area contributed by atoms with E-state index in [9.17, 15) is 38.4 Å². The van der Waals surface area contributed by atoms with Crippen LogP contribution < -0.4 is 37.6 Å². The molecule has 0 aliphatic carbocycles. The summed E-state index contributed by atoms with van der Waals surface area (Å²) in [5.41, 5.74) is 11.5. The van der Waals surface area contributed by atoms with Gasteiger partial charge >= 0.3 is 35.8 Å². The fourth-order valence-corrected chi connectivity index (χ4v) is 14.8. The second-order valence-electron chi connectivity index (χ2n) is 26.5. The monoisotopic (exact) mass is 1400 g/mol. The highest BCUT2D eigenvalue weighted by Crippen LogP contribution is 2.41. The number of carbonyl (C=O) groups is 8. The lowest BCUT2D eigenvalue weighted by Gasteiger charge is -2.35. The lowest BCUT2D eigenvalue weighted by Crippen LogP contribution is -2.44. The molecular weight excluding hydrogens is 1310 g/mol. The average molecular weight is 1400 g/mol. The molecule has 7 amide bonds. The summed E-state index contributed by atoms with van der Waals surface area (Å²) in [5, 5.41) is 26.8. The molecule has 3 fully saturated rings. The third-order valence-corrected chi connectivity index (χ3v) is 19.4. The minimum Gasteiger partial charge on any atom is -0.444 e. The Balaban J connectivity index is 0.000000161.